The van der Waals surface area contributed by atoms with Crippen molar-refractivity contribution < 1.29 is 4.79 Å². The van der Waals surface area contributed by atoms with Crippen LogP contribution < -0.4 is 9.80 Å². The van der Waals surface area contributed by atoms with E-state index < -0.39 is 0 Å². The Balaban J connectivity index is 1.35. The minimum absolute atomic E-state index is 0.0785. The Kier molecular flexibility index (Phi) is 4.93. The van der Waals surface area contributed by atoms with E-state index in [2.05, 4.69) is 75.4 Å². The highest BCUT2D eigenvalue weighted by Gasteiger charge is 2.30. The van der Waals surface area contributed by atoms with E-state index in [1.165, 1.54) is 11.1 Å². The van der Waals surface area contributed by atoms with Crippen molar-refractivity contribution in [3.63, 3.8) is 0 Å². The lowest BCUT2D eigenvalue weighted by Gasteiger charge is -2.39. The predicted octanol–water partition coefficient (Wildman–Crippen LogP) is 2.91. The summed E-state index contributed by atoms with van der Waals surface area (Å²) in [5.41, 5.74) is 3.54. The van der Waals surface area contributed by atoms with Crippen LogP contribution in [0.15, 0.2) is 66.9 Å². The van der Waals surface area contributed by atoms with Crippen molar-refractivity contribution in [3.8, 4) is 0 Å². The molecule has 0 aliphatic carbocycles. The zero-order valence-corrected chi connectivity index (χ0v) is 17.1. The average molecular weight is 399 g/mol. The number of hydrogen-bond acceptors (Lipinski definition) is 5. The van der Waals surface area contributed by atoms with E-state index in [0.717, 1.165) is 37.6 Å². The van der Waals surface area contributed by atoms with Crippen LogP contribution in [0.25, 0.3) is 0 Å². The molecule has 30 heavy (non-hydrogen) atoms. The predicted molar refractivity (Wildman–Crippen MR) is 118 cm³/mol. The molecule has 0 saturated carbocycles. The number of benzene rings is 2. The molecule has 1 saturated heterocycles. The number of amides is 1. The Morgan fingerprint density at radius 1 is 0.867 bits per heavy atom. The van der Waals surface area contributed by atoms with Gasteiger partial charge in [-0.1, -0.05) is 60.7 Å². The summed E-state index contributed by atoms with van der Waals surface area (Å²) < 4.78 is 0. The molecule has 2 aliphatic rings. The minimum Gasteiger partial charge on any atom is -0.338 e. The number of aromatic nitrogens is 2. The lowest BCUT2D eigenvalue weighted by molar-refractivity contribution is -0.117. The highest BCUT2D eigenvalue weighted by Crippen LogP contribution is 2.31. The maximum atomic E-state index is 11.9. The standard InChI is InChI=1S/C24H25N5O/c1-27-21(30)16-20-17-25-24(26-23(20)27)29-14-12-28(13-15-29)22(18-8-4-2-5-9-18)19-10-6-3-7-11-19/h2-11,17,22H,12-16H2,1H3. The summed E-state index contributed by atoms with van der Waals surface area (Å²) in [6.07, 6.45) is 2.21. The molecule has 1 aromatic heterocycles. The second kappa shape index (κ2) is 7.88. The van der Waals surface area contributed by atoms with Crippen LogP contribution in [0.4, 0.5) is 11.8 Å². The maximum absolute atomic E-state index is 11.9. The first-order chi connectivity index (χ1) is 14.7. The van der Waals surface area contributed by atoms with Gasteiger partial charge < -0.3 is 4.90 Å². The lowest BCUT2D eigenvalue weighted by Crippen LogP contribution is -2.48. The summed E-state index contributed by atoms with van der Waals surface area (Å²) in [6, 6.07) is 21.6. The van der Waals surface area contributed by atoms with Crippen LogP contribution in [0.3, 0.4) is 0 Å². The molecule has 0 bridgehead atoms. The largest absolute Gasteiger partial charge is 0.338 e. The molecular formula is C24H25N5O. The lowest BCUT2D eigenvalue weighted by atomic mass is 9.96. The van der Waals surface area contributed by atoms with E-state index in [1.807, 2.05) is 6.20 Å². The Labute approximate surface area is 176 Å². The topological polar surface area (TPSA) is 52.6 Å². The molecule has 0 unspecified atom stereocenters. The first-order valence-corrected chi connectivity index (χ1v) is 10.4. The summed E-state index contributed by atoms with van der Waals surface area (Å²) in [7, 11) is 1.78. The van der Waals surface area contributed by atoms with Crippen molar-refractivity contribution in [2.45, 2.75) is 12.5 Å². The number of fused-ring (bicyclic) bond motifs is 1. The SMILES string of the molecule is CN1C(=O)Cc2cnc(N3CCN(C(c4ccccc4)c4ccccc4)CC3)nc21. The van der Waals surface area contributed by atoms with Crippen molar-refractivity contribution in [1.29, 1.82) is 0 Å². The first-order valence-electron chi connectivity index (χ1n) is 10.4. The van der Waals surface area contributed by atoms with Gasteiger partial charge in [-0.2, -0.15) is 4.98 Å². The minimum atomic E-state index is 0.0785. The molecule has 1 fully saturated rings. The van der Waals surface area contributed by atoms with Crippen molar-refractivity contribution in [2.75, 3.05) is 43.0 Å². The fourth-order valence-corrected chi connectivity index (χ4v) is 4.42. The normalized spacial score (nSPS) is 16.9. The number of nitrogens with zero attached hydrogens (tertiary/aromatic N) is 5. The Bertz CT molecular complexity index is 992. The number of anilines is 2. The first kappa shape index (κ1) is 18.8. The van der Waals surface area contributed by atoms with Crippen molar-refractivity contribution in [1.82, 2.24) is 14.9 Å². The summed E-state index contributed by atoms with van der Waals surface area (Å²) in [6.45, 7) is 3.55. The average Bonchev–Trinajstić information content (AvgIpc) is 3.09. The van der Waals surface area contributed by atoms with Gasteiger partial charge in [0.15, 0.2) is 0 Å². The van der Waals surface area contributed by atoms with E-state index in [4.69, 9.17) is 4.98 Å². The third-order valence-electron chi connectivity index (χ3n) is 6.06. The van der Waals surface area contributed by atoms with Gasteiger partial charge in [-0.3, -0.25) is 14.6 Å². The molecule has 0 atom stereocenters. The molecule has 5 rings (SSSR count). The molecule has 6 heteroatoms. The van der Waals surface area contributed by atoms with Gasteiger partial charge >= 0.3 is 0 Å². The zero-order chi connectivity index (χ0) is 20.5. The number of likely N-dealkylation sites (N-methyl/N-ethyl adjacent to an activating group) is 1. The second-order valence-electron chi connectivity index (χ2n) is 7.90. The molecular weight excluding hydrogens is 374 g/mol. The second-order valence-corrected chi connectivity index (χ2v) is 7.90. The highest BCUT2D eigenvalue weighted by molar-refractivity contribution is 5.99. The summed E-state index contributed by atoms with van der Waals surface area (Å²) >= 11 is 0. The third kappa shape index (κ3) is 3.44. The van der Waals surface area contributed by atoms with Gasteiger partial charge in [0.2, 0.25) is 11.9 Å². The smallest absolute Gasteiger partial charge is 0.232 e. The van der Waals surface area contributed by atoms with Crippen LogP contribution in [0.2, 0.25) is 0 Å². The number of carbonyl (C=O) groups excluding carboxylic acids is 1. The van der Waals surface area contributed by atoms with E-state index in [-0.39, 0.29) is 11.9 Å². The molecule has 6 nitrogen and oxygen atoms in total. The Morgan fingerprint density at radius 2 is 1.47 bits per heavy atom. The number of carbonyl (C=O) groups is 1. The molecule has 152 valence electrons. The summed E-state index contributed by atoms with van der Waals surface area (Å²) in [5.74, 6) is 1.54. The van der Waals surface area contributed by atoms with Crippen molar-refractivity contribution in [3.05, 3.63) is 83.6 Å². The quantitative estimate of drug-likeness (QED) is 0.675. The van der Waals surface area contributed by atoms with Gasteiger partial charge in [0.1, 0.15) is 5.82 Å². The number of piperazine rings is 1. The fraction of sp³-hybridized carbons (Fsp3) is 0.292. The molecule has 3 aromatic rings. The van der Waals surface area contributed by atoms with Gasteiger partial charge in [-0.15, -0.1) is 0 Å². The third-order valence-corrected chi connectivity index (χ3v) is 6.06. The Hall–Kier alpha value is -3.25. The molecule has 0 N–H and O–H groups in total. The molecule has 0 spiro atoms. The zero-order valence-electron chi connectivity index (χ0n) is 17.1. The number of hydrogen-bond donors (Lipinski definition) is 0. The Morgan fingerprint density at radius 3 is 2.07 bits per heavy atom. The van der Waals surface area contributed by atoms with Gasteiger partial charge in [-0.05, 0) is 11.1 Å². The fourth-order valence-electron chi connectivity index (χ4n) is 4.42. The van der Waals surface area contributed by atoms with E-state index >= 15 is 0 Å². The summed E-state index contributed by atoms with van der Waals surface area (Å²) in [4.78, 5) is 27.6. The van der Waals surface area contributed by atoms with Crippen LogP contribution in [-0.2, 0) is 11.2 Å². The van der Waals surface area contributed by atoms with Crippen LogP contribution in [0.1, 0.15) is 22.7 Å². The molecule has 1 amide bonds. The molecule has 3 heterocycles. The van der Waals surface area contributed by atoms with Crippen LogP contribution in [0, 0.1) is 0 Å². The van der Waals surface area contributed by atoms with Gasteiger partial charge in [-0.25, -0.2) is 4.98 Å². The van der Waals surface area contributed by atoms with Gasteiger partial charge in [0.05, 0.1) is 12.5 Å². The van der Waals surface area contributed by atoms with E-state index in [9.17, 15) is 4.79 Å². The van der Waals surface area contributed by atoms with E-state index in [0.29, 0.717) is 12.4 Å². The molecule has 0 radical (unpaired) electrons. The van der Waals surface area contributed by atoms with Crippen LogP contribution in [-0.4, -0.2) is 54.0 Å². The van der Waals surface area contributed by atoms with Crippen LogP contribution >= 0.6 is 0 Å². The molecule has 2 aliphatic heterocycles. The summed E-state index contributed by atoms with van der Waals surface area (Å²) in [5, 5.41) is 0. The van der Waals surface area contributed by atoms with Crippen molar-refractivity contribution >= 4 is 17.7 Å². The monoisotopic (exact) mass is 399 g/mol. The van der Waals surface area contributed by atoms with E-state index in [1.54, 1.807) is 11.9 Å². The maximum Gasteiger partial charge on any atom is 0.232 e. The highest BCUT2D eigenvalue weighted by atomic mass is 16.2. The van der Waals surface area contributed by atoms with Gasteiger partial charge in [0.25, 0.3) is 0 Å². The number of rotatable bonds is 4. The van der Waals surface area contributed by atoms with Crippen molar-refractivity contribution in [2.24, 2.45) is 0 Å². The molecule has 2 aromatic carbocycles. The van der Waals surface area contributed by atoms with Gasteiger partial charge in [0, 0.05) is 45.0 Å². The van der Waals surface area contributed by atoms with Crippen LogP contribution in [0.5, 0.6) is 0 Å².